The molecule has 110 valence electrons. The van der Waals surface area contributed by atoms with Crippen LogP contribution in [0.1, 0.15) is 18.7 Å². The summed E-state index contributed by atoms with van der Waals surface area (Å²) in [5.41, 5.74) is 2.08. The van der Waals surface area contributed by atoms with Crippen molar-refractivity contribution < 1.29 is 0 Å². The van der Waals surface area contributed by atoms with E-state index in [2.05, 4.69) is 40.0 Å². The van der Waals surface area contributed by atoms with Gasteiger partial charge in [0.05, 0.1) is 6.04 Å². The molecule has 1 N–H and O–H groups in total. The third kappa shape index (κ3) is 3.03. The van der Waals surface area contributed by atoms with Crippen LogP contribution in [0.3, 0.4) is 0 Å². The molecule has 0 radical (unpaired) electrons. The highest BCUT2D eigenvalue weighted by Gasteiger charge is 2.25. The molecule has 0 unspecified atom stereocenters. The van der Waals surface area contributed by atoms with E-state index in [9.17, 15) is 0 Å². The maximum Gasteiger partial charge on any atom is 0.174 e. The van der Waals surface area contributed by atoms with Crippen molar-refractivity contribution in [3.05, 3.63) is 52.3 Å². The standard InChI is InChI=1S/C15H15Cl2N3S/c1-10-14-3-2-4-19(14)5-6-20(10)15(21)18-13-8-11(16)7-12(17)9-13/h2-4,7-10H,5-6H2,1H3,(H,18,21)/t10-/m0/s1. The molecule has 1 aromatic heterocycles. The number of hydrogen-bond acceptors (Lipinski definition) is 1. The molecule has 2 heterocycles. The highest BCUT2D eigenvalue weighted by atomic mass is 35.5. The zero-order valence-electron chi connectivity index (χ0n) is 11.5. The van der Waals surface area contributed by atoms with Crippen LogP contribution < -0.4 is 5.32 Å². The van der Waals surface area contributed by atoms with E-state index < -0.39 is 0 Å². The fourth-order valence-electron chi connectivity index (χ4n) is 2.68. The predicted octanol–water partition coefficient (Wildman–Crippen LogP) is 4.57. The summed E-state index contributed by atoms with van der Waals surface area (Å²) in [6.45, 7) is 3.97. The van der Waals surface area contributed by atoms with E-state index >= 15 is 0 Å². The fourth-order valence-corrected chi connectivity index (χ4v) is 3.57. The average Bonchev–Trinajstić information content (AvgIpc) is 2.86. The van der Waals surface area contributed by atoms with Crippen LogP contribution in [-0.4, -0.2) is 21.1 Å². The first kappa shape index (κ1) is 14.7. The Morgan fingerprint density at radius 2 is 1.95 bits per heavy atom. The SMILES string of the molecule is C[C@H]1c2cccn2CCN1C(=S)Nc1cc(Cl)cc(Cl)c1. The summed E-state index contributed by atoms with van der Waals surface area (Å²) in [5, 5.41) is 5.10. The van der Waals surface area contributed by atoms with E-state index in [0.717, 1.165) is 18.8 Å². The molecule has 0 bridgehead atoms. The molecule has 1 aliphatic rings. The summed E-state index contributed by atoms with van der Waals surface area (Å²) in [7, 11) is 0. The minimum Gasteiger partial charge on any atom is -0.348 e. The van der Waals surface area contributed by atoms with Gasteiger partial charge in [0.2, 0.25) is 0 Å². The number of hydrogen-bond donors (Lipinski definition) is 1. The predicted molar refractivity (Wildman–Crippen MR) is 92.2 cm³/mol. The second kappa shape index (κ2) is 5.87. The van der Waals surface area contributed by atoms with Crippen molar-refractivity contribution in [2.45, 2.75) is 19.5 Å². The van der Waals surface area contributed by atoms with E-state index in [1.807, 2.05) is 12.1 Å². The third-order valence-electron chi connectivity index (χ3n) is 3.72. The number of benzene rings is 1. The molecule has 0 saturated carbocycles. The van der Waals surface area contributed by atoms with Crippen LogP contribution in [0, 0.1) is 0 Å². The molecule has 1 aliphatic heterocycles. The summed E-state index contributed by atoms with van der Waals surface area (Å²) in [6, 6.07) is 9.78. The van der Waals surface area contributed by atoms with Crippen molar-refractivity contribution in [2.75, 3.05) is 11.9 Å². The Bertz CT molecular complexity index is 663. The second-order valence-electron chi connectivity index (χ2n) is 5.08. The molecule has 3 rings (SSSR count). The molecule has 0 spiro atoms. The first-order chi connectivity index (χ1) is 10.0. The fraction of sp³-hybridized carbons (Fsp3) is 0.267. The van der Waals surface area contributed by atoms with Gasteiger partial charge in [-0.2, -0.15) is 0 Å². The molecule has 0 aliphatic carbocycles. The second-order valence-corrected chi connectivity index (χ2v) is 6.34. The summed E-state index contributed by atoms with van der Waals surface area (Å²) >= 11 is 17.6. The van der Waals surface area contributed by atoms with Crippen molar-refractivity contribution in [1.82, 2.24) is 9.47 Å². The molecule has 1 atom stereocenters. The van der Waals surface area contributed by atoms with Crippen LogP contribution in [0.5, 0.6) is 0 Å². The zero-order valence-corrected chi connectivity index (χ0v) is 13.8. The Hall–Kier alpha value is -1.23. The zero-order chi connectivity index (χ0) is 15.0. The monoisotopic (exact) mass is 339 g/mol. The first-order valence-electron chi connectivity index (χ1n) is 6.73. The van der Waals surface area contributed by atoms with E-state index in [1.165, 1.54) is 5.69 Å². The number of thiocarbonyl (C=S) groups is 1. The molecular weight excluding hydrogens is 325 g/mol. The van der Waals surface area contributed by atoms with Gasteiger partial charge in [0.15, 0.2) is 5.11 Å². The van der Waals surface area contributed by atoms with Gasteiger partial charge in [-0.3, -0.25) is 0 Å². The number of aromatic nitrogens is 1. The van der Waals surface area contributed by atoms with Gasteiger partial charge in [0.1, 0.15) is 0 Å². The van der Waals surface area contributed by atoms with E-state index in [4.69, 9.17) is 35.4 Å². The number of fused-ring (bicyclic) bond motifs is 1. The van der Waals surface area contributed by atoms with Crippen LogP contribution in [0.4, 0.5) is 5.69 Å². The number of halogens is 2. The maximum atomic E-state index is 6.02. The molecule has 1 aromatic carbocycles. The Kier molecular flexibility index (Phi) is 4.11. The molecule has 3 nitrogen and oxygen atoms in total. The molecule has 0 saturated heterocycles. The summed E-state index contributed by atoms with van der Waals surface area (Å²) in [6.07, 6.45) is 2.11. The topological polar surface area (TPSA) is 20.2 Å². The van der Waals surface area contributed by atoms with Gasteiger partial charge in [0, 0.05) is 40.7 Å². The van der Waals surface area contributed by atoms with Gasteiger partial charge < -0.3 is 14.8 Å². The van der Waals surface area contributed by atoms with Crippen LogP contribution in [0.15, 0.2) is 36.5 Å². The molecule has 2 aromatic rings. The lowest BCUT2D eigenvalue weighted by molar-refractivity contribution is 0.276. The number of anilines is 1. The number of nitrogens with one attached hydrogen (secondary N) is 1. The van der Waals surface area contributed by atoms with Gasteiger partial charge in [-0.25, -0.2) is 0 Å². The van der Waals surface area contributed by atoms with E-state index in [1.54, 1.807) is 6.07 Å². The highest BCUT2D eigenvalue weighted by molar-refractivity contribution is 7.80. The smallest absolute Gasteiger partial charge is 0.174 e. The summed E-state index contributed by atoms with van der Waals surface area (Å²) < 4.78 is 2.26. The minimum absolute atomic E-state index is 0.239. The van der Waals surface area contributed by atoms with Crippen molar-refractivity contribution in [3.8, 4) is 0 Å². The maximum absolute atomic E-state index is 6.02. The van der Waals surface area contributed by atoms with E-state index in [0.29, 0.717) is 15.2 Å². The number of nitrogens with zero attached hydrogens (tertiary/aromatic N) is 2. The Labute approximate surface area is 139 Å². The molecule has 21 heavy (non-hydrogen) atoms. The van der Waals surface area contributed by atoms with Gasteiger partial charge in [-0.05, 0) is 49.5 Å². The van der Waals surface area contributed by atoms with Crippen LogP contribution in [0.2, 0.25) is 10.0 Å². The summed E-state index contributed by atoms with van der Waals surface area (Å²) in [5.74, 6) is 0. The van der Waals surface area contributed by atoms with Crippen molar-refractivity contribution in [2.24, 2.45) is 0 Å². The lowest BCUT2D eigenvalue weighted by Crippen LogP contribution is -2.42. The molecule has 0 amide bonds. The van der Waals surface area contributed by atoms with Crippen molar-refractivity contribution >= 4 is 46.2 Å². The van der Waals surface area contributed by atoms with Gasteiger partial charge in [-0.15, -0.1) is 0 Å². The largest absolute Gasteiger partial charge is 0.348 e. The van der Waals surface area contributed by atoms with Crippen molar-refractivity contribution in [3.63, 3.8) is 0 Å². The molecule has 0 fully saturated rings. The van der Waals surface area contributed by atoms with Gasteiger partial charge >= 0.3 is 0 Å². The first-order valence-corrected chi connectivity index (χ1v) is 7.90. The van der Waals surface area contributed by atoms with Crippen LogP contribution in [-0.2, 0) is 6.54 Å². The van der Waals surface area contributed by atoms with Crippen molar-refractivity contribution in [1.29, 1.82) is 0 Å². The minimum atomic E-state index is 0.239. The van der Waals surface area contributed by atoms with Crippen LogP contribution >= 0.6 is 35.4 Å². The number of rotatable bonds is 1. The quantitative estimate of drug-likeness (QED) is 0.768. The third-order valence-corrected chi connectivity index (χ3v) is 4.49. The summed E-state index contributed by atoms with van der Waals surface area (Å²) in [4.78, 5) is 2.18. The van der Waals surface area contributed by atoms with E-state index in [-0.39, 0.29) is 6.04 Å². The van der Waals surface area contributed by atoms with Crippen LogP contribution in [0.25, 0.3) is 0 Å². The lowest BCUT2D eigenvalue weighted by Gasteiger charge is -2.36. The Morgan fingerprint density at radius 3 is 2.67 bits per heavy atom. The lowest BCUT2D eigenvalue weighted by atomic mass is 10.1. The Morgan fingerprint density at radius 1 is 1.24 bits per heavy atom. The normalized spacial score (nSPS) is 17.5. The highest BCUT2D eigenvalue weighted by Crippen LogP contribution is 2.27. The average molecular weight is 340 g/mol. The van der Waals surface area contributed by atoms with Gasteiger partial charge in [0.25, 0.3) is 0 Å². The Balaban J connectivity index is 1.77. The molecule has 6 heteroatoms. The van der Waals surface area contributed by atoms with Gasteiger partial charge in [-0.1, -0.05) is 23.2 Å². The molecular formula is C15H15Cl2N3S.